The smallest absolute Gasteiger partial charge is 0.195 e. The highest BCUT2D eigenvalue weighted by Gasteiger charge is 2.16. The summed E-state index contributed by atoms with van der Waals surface area (Å²) < 4.78 is 1.60. The number of carbonyl (C=O) groups is 1. The number of nitrogen functional groups attached to an aromatic ring is 1. The Morgan fingerprint density at radius 2 is 1.95 bits per heavy atom. The molecular weight excluding hydrogens is 386 g/mol. The van der Waals surface area contributed by atoms with Gasteiger partial charge in [-0.3, -0.25) is 4.79 Å². The molecule has 0 aliphatic heterocycles. The molecule has 20 heavy (non-hydrogen) atoms. The lowest BCUT2D eigenvalue weighted by atomic mass is 10.0. The van der Waals surface area contributed by atoms with Crippen LogP contribution in [0.4, 0.5) is 5.69 Å². The molecule has 0 saturated heterocycles. The summed E-state index contributed by atoms with van der Waals surface area (Å²) in [5, 5.41) is 0.780. The molecule has 0 aliphatic carbocycles. The number of carbonyl (C=O) groups excluding carboxylic acids is 1. The molecule has 0 radical (unpaired) electrons. The number of nitrogens with one attached hydrogen (secondary N) is 1. The second-order valence-corrected chi connectivity index (χ2v) is 6.19. The number of benzene rings is 1. The van der Waals surface area contributed by atoms with Crippen molar-refractivity contribution in [1.82, 2.24) is 9.97 Å². The van der Waals surface area contributed by atoms with Crippen LogP contribution >= 0.6 is 31.9 Å². The van der Waals surface area contributed by atoms with E-state index in [-0.39, 0.29) is 5.78 Å². The van der Waals surface area contributed by atoms with Gasteiger partial charge in [0.05, 0.1) is 0 Å². The molecule has 4 nitrogen and oxygen atoms in total. The van der Waals surface area contributed by atoms with E-state index in [1.807, 2.05) is 6.07 Å². The van der Waals surface area contributed by atoms with Crippen LogP contribution in [-0.2, 0) is 0 Å². The molecule has 3 aromatic rings. The number of aromatic amines is 1. The van der Waals surface area contributed by atoms with Crippen molar-refractivity contribution in [1.29, 1.82) is 0 Å². The molecule has 0 atom stereocenters. The summed E-state index contributed by atoms with van der Waals surface area (Å²) in [5.41, 5.74) is 8.12. The summed E-state index contributed by atoms with van der Waals surface area (Å²) in [7, 11) is 0. The SMILES string of the molecule is Nc1cc(Br)cc(C(=O)c2c[nH]c3ncc(Br)cc23)c1. The first-order valence-electron chi connectivity index (χ1n) is 5.78. The van der Waals surface area contributed by atoms with Gasteiger partial charge in [0.1, 0.15) is 5.65 Å². The zero-order valence-electron chi connectivity index (χ0n) is 10.2. The Balaban J connectivity index is 2.15. The van der Waals surface area contributed by atoms with Crippen LogP contribution in [0.2, 0.25) is 0 Å². The van der Waals surface area contributed by atoms with Crippen molar-refractivity contribution in [3.8, 4) is 0 Å². The van der Waals surface area contributed by atoms with Crippen molar-refractivity contribution in [3.63, 3.8) is 0 Å². The maximum Gasteiger partial charge on any atom is 0.195 e. The van der Waals surface area contributed by atoms with Crippen LogP contribution in [0, 0.1) is 0 Å². The van der Waals surface area contributed by atoms with Gasteiger partial charge in [-0.1, -0.05) is 15.9 Å². The van der Waals surface area contributed by atoms with E-state index in [1.54, 1.807) is 30.6 Å². The Hall–Kier alpha value is -1.66. The van der Waals surface area contributed by atoms with Crippen molar-refractivity contribution >= 4 is 54.4 Å². The molecule has 0 saturated carbocycles. The highest BCUT2D eigenvalue weighted by Crippen LogP contribution is 2.25. The largest absolute Gasteiger partial charge is 0.399 e. The predicted octanol–water partition coefficient (Wildman–Crippen LogP) is 3.90. The number of ketones is 1. The summed E-state index contributed by atoms with van der Waals surface area (Å²) in [4.78, 5) is 19.8. The fraction of sp³-hybridized carbons (Fsp3) is 0. The number of aromatic nitrogens is 2. The van der Waals surface area contributed by atoms with Gasteiger partial charge in [0, 0.05) is 43.5 Å². The molecular formula is C14H9Br2N3O. The highest BCUT2D eigenvalue weighted by atomic mass is 79.9. The number of halogens is 2. The number of nitrogens with zero attached hydrogens (tertiary/aromatic N) is 1. The minimum Gasteiger partial charge on any atom is -0.399 e. The predicted molar refractivity (Wildman–Crippen MR) is 85.8 cm³/mol. The monoisotopic (exact) mass is 393 g/mol. The summed E-state index contributed by atoms with van der Waals surface area (Å²) in [5.74, 6) is -0.0934. The van der Waals surface area contributed by atoms with Crippen LogP contribution in [0.25, 0.3) is 11.0 Å². The molecule has 0 fully saturated rings. The lowest BCUT2D eigenvalue weighted by Crippen LogP contribution is -2.01. The minimum absolute atomic E-state index is 0.0934. The van der Waals surface area contributed by atoms with Gasteiger partial charge in [0.25, 0.3) is 0 Å². The Morgan fingerprint density at radius 3 is 2.70 bits per heavy atom. The number of anilines is 1. The summed E-state index contributed by atoms with van der Waals surface area (Å²) in [6.07, 6.45) is 3.35. The standard InChI is InChI=1S/C14H9Br2N3O/c15-8-1-7(2-10(17)3-8)13(20)12-6-19-14-11(12)4-9(16)5-18-14/h1-6H,17H2,(H,18,19). The number of hydrogen-bond donors (Lipinski definition) is 2. The number of H-pyrrole nitrogens is 1. The molecule has 0 bridgehead atoms. The second kappa shape index (κ2) is 5.03. The van der Waals surface area contributed by atoms with Crippen molar-refractivity contribution in [2.75, 3.05) is 5.73 Å². The van der Waals surface area contributed by atoms with E-state index >= 15 is 0 Å². The molecule has 1 aromatic carbocycles. The van der Waals surface area contributed by atoms with Crippen LogP contribution in [0.1, 0.15) is 15.9 Å². The molecule has 2 heterocycles. The Kier molecular flexibility index (Phi) is 3.35. The summed E-state index contributed by atoms with van der Waals surface area (Å²) in [6.45, 7) is 0. The van der Waals surface area contributed by atoms with E-state index in [0.717, 1.165) is 14.3 Å². The second-order valence-electron chi connectivity index (χ2n) is 4.35. The van der Waals surface area contributed by atoms with Crippen LogP contribution in [0.15, 0.2) is 45.6 Å². The maximum atomic E-state index is 12.6. The first kappa shape index (κ1) is 13.3. The van der Waals surface area contributed by atoms with E-state index in [1.165, 1.54) is 0 Å². The van der Waals surface area contributed by atoms with E-state index in [0.29, 0.717) is 22.5 Å². The average Bonchev–Trinajstić information content (AvgIpc) is 2.79. The normalized spacial score (nSPS) is 10.9. The van der Waals surface area contributed by atoms with E-state index in [9.17, 15) is 4.79 Å². The fourth-order valence-corrected chi connectivity index (χ4v) is 2.91. The van der Waals surface area contributed by atoms with Gasteiger partial charge < -0.3 is 10.7 Å². The van der Waals surface area contributed by atoms with E-state index in [4.69, 9.17) is 5.73 Å². The van der Waals surface area contributed by atoms with Crippen LogP contribution < -0.4 is 5.73 Å². The molecule has 0 spiro atoms. The number of pyridine rings is 1. The Bertz CT molecular complexity index is 806. The third-order valence-electron chi connectivity index (χ3n) is 2.92. The number of hydrogen-bond acceptors (Lipinski definition) is 3. The van der Waals surface area contributed by atoms with Crippen molar-refractivity contribution < 1.29 is 4.79 Å². The molecule has 3 rings (SSSR count). The van der Waals surface area contributed by atoms with Crippen LogP contribution in [0.3, 0.4) is 0 Å². The molecule has 0 aliphatic rings. The van der Waals surface area contributed by atoms with Crippen LogP contribution in [-0.4, -0.2) is 15.8 Å². The highest BCUT2D eigenvalue weighted by molar-refractivity contribution is 9.10. The lowest BCUT2D eigenvalue weighted by molar-refractivity contribution is 0.104. The van der Waals surface area contributed by atoms with Gasteiger partial charge in [-0.15, -0.1) is 0 Å². The summed E-state index contributed by atoms with van der Waals surface area (Å²) >= 11 is 6.71. The third-order valence-corrected chi connectivity index (χ3v) is 3.82. The van der Waals surface area contributed by atoms with Gasteiger partial charge in [0.2, 0.25) is 0 Å². The van der Waals surface area contributed by atoms with Crippen molar-refractivity contribution in [2.24, 2.45) is 0 Å². The zero-order chi connectivity index (χ0) is 14.3. The van der Waals surface area contributed by atoms with Gasteiger partial charge in [-0.25, -0.2) is 4.98 Å². The van der Waals surface area contributed by atoms with Gasteiger partial charge in [0.15, 0.2) is 5.78 Å². The number of nitrogens with two attached hydrogens (primary N) is 1. The molecule has 0 unspecified atom stereocenters. The average molecular weight is 395 g/mol. The number of fused-ring (bicyclic) bond motifs is 1. The first-order chi connectivity index (χ1) is 9.54. The van der Waals surface area contributed by atoms with Crippen molar-refractivity contribution in [2.45, 2.75) is 0 Å². The minimum atomic E-state index is -0.0934. The first-order valence-corrected chi connectivity index (χ1v) is 7.36. The number of rotatable bonds is 2. The topological polar surface area (TPSA) is 71.8 Å². The quantitative estimate of drug-likeness (QED) is 0.511. The van der Waals surface area contributed by atoms with E-state index in [2.05, 4.69) is 41.8 Å². The maximum absolute atomic E-state index is 12.6. The molecule has 100 valence electrons. The van der Waals surface area contributed by atoms with Gasteiger partial charge >= 0.3 is 0 Å². The molecule has 0 amide bonds. The molecule has 2 aromatic heterocycles. The fourth-order valence-electron chi connectivity index (χ4n) is 2.06. The van der Waals surface area contributed by atoms with Gasteiger partial charge in [-0.05, 0) is 40.2 Å². The zero-order valence-corrected chi connectivity index (χ0v) is 13.3. The molecule has 6 heteroatoms. The Morgan fingerprint density at radius 1 is 1.15 bits per heavy atom. The van der Waals surface area contributed by atoms with E-state index < -0.39 is 0 Å². The Labute approximate surface area is 131 Å². The summed E-state index contributed by atoms with van der Waals surface area (Å²) in [6, 6.07) is 7.04. The third kappa shape index (κ3) is 2.36. The van der Waals surface area contributed by atoms with Crippen molar-refractivity contribution in [3.05, 3.63) is 56.7 Å². The van der Waals surface area contributed by atoms with Gasteiger partial charge in [-0.2, -0.15) is 0 Å². The van der Waals surface area contributed by atoms with Crippen LogP contribution in [0.5, 0.6) is 0 Å². The lowest BCUT2D eigenvalue weighted by Gasteiger charge is -2.03. The molecule has 3 N–H and O–H groups in total.